The lowest BCUT2D eigenvalue weighted by Gasteiger charge is -2.34. The number of ether oxygens (including phenoxy) is 2. The number of benzene rings is 5. The standard InChI is InChI=1S/C32H30O6/c1-11-7-17-18-8-12(2)30(34)28-24(18)26(20-10-14(4)38-16(6)22(20)32(28)36)25-19-9-13(3)37-15(5)21(19)31(35)27(23(17)25)29(11)33/h7-8,13-16,33,36H,9-10H2,1-6H3/t13-,14-,15+,16+/m0/s1. The van der Waals surface area contributed by atoms with Gasteiger partial charge in [-0.2, -0.15) is 0 Å². The second-order valence-electron chi connectivity index (χ2n) is 11.5. The van der Waals surface area contributed by atoms with Gasteiger partial charge in [0.2, 0.25) is 0 Å². The Morgan fingerprint density at radius 1 is 0.632 bits per heavy atom. The van der Waals surface area contributed by atoms with Crippen molar-refractivity contribution in [1.29, 1.82) is 0 Å². The summed E-state index contributed by atoms with van der Waals surface area (Å²) in [6.45, 7) is 11.4. The van der Waals surface area contributed by atoms with Crippen LogP contribution in [0, 0.1) is 13.8 Å². The van der Waals surface area contributed by atoms with Crippen molar-refractivity contribution in [1.82, 2.24) is 0 Å². The van der Waals surface area contributed by atoms with Crippen molar-refractivity contribution in [3.63, 3.8) is 0 Å². The molecule has 6 heteroatoms. The van der Waals surface area contributed by atoms with E-state index in [0.717, 1.165) is 43.4 Å². The Kier molecular flexibility index (Phi) is 4.69. The van der Waals surface area contributed by atoms with E-state index in [1.54, 1.807) is 13.8 Å². The number of rotatable bonds is 0. The van der Waals surface area contributed by atoms with Gasteiger partial charge in [0.1, 0.15) is 11.5 Å². The third-order valence-corrected chi connectivity index (χ3v) is 8.88. The van der Waals surface area contributed by atoms with Crippen molar-refractivity contribution < 1.29 is 19.7 Å². The van der Waals surface area contributed by atoms with E-state index in [9.17, 15) is 19.8 Å². The molecule has 2 aliphatic heterocycles. The molecule has 38 heavy (non-hydrogen) atoms. The molecule has 0 radical (unpaired) electrons. The number of fused-ring (bicyclic) bond motifs is 6. The largest absolute Gasteiger partial charge is 0.507 e. The molecule has 2 N–H and O–H groups in total. The van der Waals surface area contributed by atoms with Crippen LogP contribution in [0.15, 0.2) is 21.7 Å². The van der Waals surface area contributed by atoms with Crippen LogP contribution < -0.4 is 10.9 Å². The second kappa shape index (κ2) is 7.55. The maximum Gasteiger partial charge on any atom is 0.196 e. The summed E-state index contributed by atoms with van der Waals surface area (Å²) in [6, 6.07) is 3.78. The van der Waals surface area contributed by atoms with Crippen LogP contribution in [-0.4, -0.2) is 22.4 Å². The fraction of sp³-hybridized carbons (Fsp3) is 0.375. The molecule has 0 bridgehead atoms. The van der Waals surface area contributed by atoms with Gasteiger partial charge in [0.15, 0.2) is 10.9 Å². The Morgan fingerprint density at radius 2 is 1.11 bits per heavy atom. The van der Waals surface area contributed by atoms with Crippen molar-refractivity contribution in [2.24, 2.45) is 0 Å². The molecule has 0 aliphatic carbocycles. The van der Waals surface area contributed by atoms with Crippen LogP contribution in [0.4, 0.5) is 0 Å². The molecule has 0 aromatic heterocycles. The molecule has 4 atom stereocenters. The summed E-state index contributed by atoms with van der Waals surface area (Å²) in [4.78, 5) is 27.7. The Bertz CT molecular complexity index is 1950. The van der Waals surface area contributed by atoms with Crippen LogP contribution in [0.5, 0.6) is 11.5 Å². The average Bonchev–Trinajstić information content (AvgIpc) is 2.83. The molecule has 0 spiro atoms. The third kappa shape index (κ3) is 2.74. The summed E-state index contributed by atoms with van der Waals surface area (Å²) < 4.78 is 12.2. The van der Waals surface area contributed by atoms with Gasteiger partial charge >= 0.3 is 0 Å². The van der Waals surface area contributed by atoms with Gasteiger partial charge in [-0.1, -0.05) is 0 Å². The van der Waals surface area contributed by atoms with Crippen molar-refractivity contribution in [2.75, 3.05) is 0 Å². The van der Waals surface area contributed by atoms with Gasteiger partial charge in [-0.05, 0) is 110 Å². The molecule has 0 saturated heterocycles. The maximum absolute atomic E-state index is 14.1. The summed E-state index contributed by atoms with van der Waals surface area (Å²) in [6.07, 6.45) is 0.0570. The van der Waals surface area contributed by atoms with Crippen LogP contribution in [0.1, 0.15) is 73.3 Å². The summed E-state index contributed by atoms with van der Waals surface area (Å²) in [5.41, 5.74) is 3.78. The number of hydrogen-bond acceptors (Lipinski definition) is 6. The fourth-order valence-electron chi connectivity index (χ4n) is 7.47. The number of aryl methyl sites for hydroxylation is 2. The van der Waals surface area contributed by atoms with Crippen molar-refractivity contribution in [3.05, 3.63) is 66.0 Å². The summed E-state index contributed by atoms with van der Waals surface area (Å²) in [7, 11) is 0. The molecule has 5 aromatic rings. The van der Waals surface area contributed by atoms with Crippen LogP contribution in [0.3, 0.4) is 0 Å². The van der Waals surface area contributed by atoms with E-state index in [4.69, 9.17) is 9.47 Å². The normalized spacial score (nSPS) is 23.5. The first kappa shape index (κ1) is 23.6. The second-order valence-corrected chi connectivity index (χ2v) is 11.5. The minimum atomic E-state index is -0.440. The Labute approximate surface area is 219 Å². The topological polar surface area (TPSA) is 93.1 Å². The lowest BCUT2D eigenvalue weighted by molar-refractivity contribution is -0.00574. The molecule has 194 valence electrons. The predicted molar refractivity (Wildman–Crippen MR) is 150 cm³/mol. The minimum absolute atomic E-state index is 0.0114. The number of phenolic OH excluding ortho intramolecular Hbond substituents is 2. The van der Waals surface area contributed by atoms with E-state index in [2.05, 4.69) is 0 Å². The quantitative estimate of drug-likeness (QED) is 0.197. The average molecular weight is 511 g/mol. The van der Waals surface area contributed by atoms with E-state index < -0.39 is 12.2 Å². The van der Waals surface area contributed by atoms with E-state index in [-0.39, 0.29) is 34.6 Å². The van der Waals surface area contributed by atoms with Crippen molar-refractivity contribution in [3.8, 4) is 11.5 Å². The highest BCUT2D eigenvalue weighted by molar-refractivity contribution is 6.36. The van der Waals surface area contributed by atoms with Gasteiger partial charge in [-0.25, -0.2) is 0 Å². The lowest BCUT2D eigenvalue weighted by Crippen LogP contribution is -2.29. The first-order chi connectivity index (χ1) is 18.0. The molecule has 6 nitrogen and oxygen atoms in total. The van der Waals surface area contributed by atoms with E-state index in [0.29, 0.717) is 45.9 Å². The molecule has 0 unspecified atom stereocenters. The Hall–Kier alpha value is -3.48. The number of phenols is 2. The Morgan fingerprint density at radius 3 is 1.68 bits per heavy atom. The lowest BCUT2D eigenvalue weighted by atomic mass is 9.77. The van der Waals surface area contributed by atoms with Crippen molar-refractivity contribution >= 4 is 43.1 Å². The fourth-order valence-corrected chi connectivity index (χ4v) is 7.47. The zero-order chi connectivity index (χ0) is 26.9. The van der Waals surface area contributed by atoms with Gasteiger partial charge in [0.25, 0.3) is 0 Å². The molecule has 0 amide bonds. The van der Waals surface area contributed by atoms with E-state index in [1.807, 2.05) is 39.8 Å². The highest BCUT2D eigenvalue weighted by atomic mass is 16.5. The van der Waals surface area contributed by atoms with Gasteiger partial charge in [0.05, 0.1) is 35.2 Å². The van der Waals surface area contributed by atoms with Gasteiger partial charge < -0.3 is 19.7 Å². The predicted octanol–water partition coefficient (Wildman–Crippen LogP) is 5.97. The highest BCUT2D eigenvalue weighted by Gasteiger charge is 2.36. The molecular formula is C32H30O6. The molecular weight excluding hydrogens is 480 g/mol. The zero-order valence-electron chi connectivity index (χ0n) is 22.4. The van der Waals surface area contributed by atoms with Crippen LogP contribution in [-0.2, 0) is 22.3 Å². The third-order valence-electron chi connectivity index (χ3n) is 8.88. The van der Waals surface area contributed by atoms with Crippen LogP contribution >= 0.6 is 0 Å². The Balaban J connectivity index is 1.94. The number of hydrogen-bond donors (Lipinski definition) is 2. The first-order valence-electron chi connectivity index (χ1n) is 13.4. The van der Waals surface area contributed by atoms with Crippen LogP contribution in [0.2, 0.25) is 0 Å². The maximum atomic E-state index is 14.1. The van der Waals surface area contributed by atoms with E-state index in [1.165, 1.54) is 0 Å². The molecule has 0 fully saturated rings. The summed E-state index contributed by atoms with van der Waals surface area (Å²) >= 11 is 0. The molecule has 0 saturated carbocycles. The summed E-state index contributed by atoms with van der Waals surface area (Å²) in [5.74, 6) is -0.0270. The van der Waals surface area contributed by atoms with Gasteiger partial charge in [0, 0.05) is 21.9 Å². The molecule has 5 aromatic carbocycles. The van der Waals surface area contributed by atoms with E-state index >= 15 is 0 Å². The molecule has 7 rings (SSSR count). The van der Waals surface area contributed by atoms with Gasteiger partial charge in [-0.3, -0.25) is 9.59 Å². The van der Waals surface area contributed by atoms with Crippen LogP contribution in [0.25, 0.3) is 43.1 Å². The van der Waals surface area contributed by atoms with Crippen molar-refractivity contribution in [2.45, 2.75) is 78.8 Å². The SMILES string of the molecule is Cc1cc2c3cc(C)c(=O)c4c(O)c5c(c(c6c7c(c(=O)c(c1O)c26)[C@@H](C)O[C@@H](C)C7)c43)C[C@H](C)O[C@@H]5C. The minimum Gasteiger partial charge on any atom is -0.507 e. The number of aromatic hydroxyl groups is 2. The molecule has 2 aliphatic rings. The smallest absolute Gasteiger partial charge is 0.196 e. The monoisotopic (exact) mass is 510 g/mol. The molecule has 2 heterocycles. The zero-order valence-corrected chi connectivity index (χ0v) is 22.4. The highest BCUT2D eigenvalue weighted by Crippen LogP contribution is 2.52. The first-order valence-corrected chi connectivity index (χ1v) is 13.4. The summed E-state index contributed by atoms with van der Waals surface area (Å²) in [5, 5.41) is 28.4. The van der Waals surface area contributed by atoms with Gasteiger partial charge in [-0.15, -0.1) is 0 Å².